The van der Waals surface area contributed by atoms with Crippen LogP contribution in [0.4, 0.5) is 5.82 Å². The Labute approximate surface area is 174 Å². The normalized spacial score (nSPS) is 22.2. The van der Waals surface area contributed by atoms with Gasteiger partial charge >= 0.3 is 0 Å². The van der Waals surface area contributed by atoms with Crippen LogP contribution in [0.25, 0.3) is 0 Å². The third kappa shape index (κ3) is 3.59. The van der Waals surface area contributed by atoms with Crippen LogP contribution < -0.4 is 15.6 Å². The lowest BCUT2D eigenvalue weighted by atomic mass is 9.67. The Morgan fingerprint density at radius 2 is 2.07 bits per heavy atom. The second-order valence-electron chi connectivity index (χ2n) is 8.15. The number of aromatic amines is 1. The number of nitrogens with one attached hydrogen (secondary N) is 2. The molecule has 29 heavy (non-hydrogen) atoms. The molecule has 152 valence electrons. The van der Waals surface area contributed by atoms with Gasteiger partial charge in [-0.2, -0.15) is 0 Å². The predicted molar refractivity (Wildman–Crippen MR) is 115 cm³/mol. The first-order valence-electron chi connectivity index (χ1n) is 9.76. The fraction of sp³-hybridized carbons (Fsp3) is 0.409. The molecule has 1 aliphatic heterocycles. The van der Waals surface area contributed by atoms with E-state index in [-0.39, 0.29) is 16.8 Å². The quantitative estimate of drug-likeness (QED) is 0.585. The minimum atomic E-state index is -0.435. The molecule has 6 nitrogen and oxygen atoms in total. The van der Waals surface area contributed by atoms with Crippen molar-refractivity contribution in [2.75, 3.05) is 18.2 Å². The highest BCUT2D eigenvalue weighted by atomic mass is 32.2. The van der Waals surface area contributed by atoms with E-state index in [2.05, 4.69) is 35.2 Å². The lowest BCUT2D eigenvalue weighted by Crippen LogP contribution is -2.41. The largest absolute Gasteiger partial charge is 0.497 e. The third-order valence-corrected chi connectivity index (χ3v) is 6.19. The molecular formula is C22H25N3O3S. The van der Waals surface area contributed by atoms with Crippen molar-refractivity contribution >= 4 is 23.4 Å². The molecule has 1 aliphatic carbocycles. The van der Waals surface area contributed by atoms with Crippen molar-refractivity contribution in [3.8, 4) is 5.75 Å². The zero-order valence-electron chi connectivity index (χ0n) is 17.0. The highest BCUT2D eigenvalue weighted by Crippen LogP contribution is 2.48. The van der Waals surface area contributed by atoms with E-state index < -0.39 is 11.8 Å². The molecule has 2 aliphatic rings. The number of anilines is 1. The lowest BCUT2D eigenvalue weighted by molar-refractivity contribution is -0.124. The van der Waals surface area contributed by atoms with E-state index in [4.69, 9.17) is 4.74 Å². The van der Waals surface area contributed by atoms with E-state index in [0.717, 1.165) is 17.0 Å². The maximum absolute atomic E-state index is 13.2. The van der Waals surface area contributed by atoms with Crippen molar-refractivity contribution in [2.45, 2.75) is 38.3 Å². The van der Waals surface area contributed by atoms with Gasteiger partial charge in [0.1, 0.15) is 17.4 Å². The number of carbonyl (C=O) groups is 1. The van der Waals surface area contributed by atoms with Crippen LogP contribution in [0.3, 0.4) is 0 Å². The van der Waals surface area contributed by atoms with Crippen LogP contribution in [-0.2, 0) is 4.79 Å². The van der Waals surface area contributed by atoms with Gasteiger partial charge in [-0.15, -0.1) is 0 Å². The van der Waals surface area contributed by atoms with Crippen LogP contribution >= 0.6 is 11.8 Å². The number of rotatable bonds is 4. The third-order valence-electron chi connectivity index (χ3n) is 5.43. The average molecular weight is 412 g/mol. The number of aromatic nitrogens is 2. The van der Waals surface area contributed by atoms with Crippen molar-refractivity contribution < 1.29 is 9.53 Å². The van der Waals surface area contributed by atoms with Gasteiger partial charge in [0.05, 0.1) is 18.6 Å². The van der Waals surface area contributed by atoms with E-state index in [1.165, 1.54) is 11.8 Å². The standard InChI is InChI=1S/C22H25N3O3S/c1-5-29-21-24-19-18(20(27)25-21)16(12-7-6-8-13(9-12)28-4)17-14(23-19)10-22(2,3)11-15(17)26/h6-10,16-17H,5,11H2,1-4H3,(H2,23,24,25,27)/t16-,17-/m1/s1. The molecule has 7 heteroatoms. The summed E-state index contributed by atoms with van der Waals surface area (Å²) in [6, 6.07) is 7.59. The maximum Gasteiger partial charge on any atom is 0.257 e. The van der Waals surface area contributed by atoms with Crippen LogP contribution in [0.15, 0.2) is 46.0 Å². The number of carbonyl (C=O) groups excluding carboxylic acids is 1. The first kappa shape index (κ1) is 19.8. The van der Waals surface area contributed by atoms with Crippen molar-refractivity contribution in [1.29, 1.82) is 0 Å². The molecule has 0 saturated heterocycles. The molecule has 2 N–H and O–H groups in total. The van der Waals surface area contributed by atoms with Gasteiger partial charge in [-0.3, -0.25) is 9.59 Å². The molecule has 1 aromatic heterocycles. The van der Waals surface area contributed by atoms with Gasteiger partial charge in [-0.05, 0) is 28.9 Å². The number of ether oxygens (including phenoxy) is 1. The summed E-state index contributed by atoms with van der Waals surface area (Å²) in [4.78, 5) is 33.9. The number of thioether (sulfide) groups is 1. The van der Waals surface area contributed by atoms with Crippen LogP contribution in [-0.4, -0.2) is 28.6 Å². The monoisotopic (exact) mass is 411 g/mol. The summed E-state index contributed by atoms with van der Waals surface area (Å²) in [6.45, 7) is 6.11. The number of hydrogen-bond acceptors (Lipinski definition) is 6. The minimum Gasteiger partial charge on any atom is -0.497 e. The molecule has 4 rings (SSSR count). The van der Waals surface area contributed by atoms with Crippen molar-refractivity contribution in [3.63, 3.8) is 0 Å². The molecule has 2 heterocycles. The first-order chi connectivity index (χ1) is 13.8. The molecule has 0 saturated carbocycles. The summed E-state index contributed by atoms with van der Waals surface area (Å²) in [5.41, 5.74) is 1.77. The average Bonchev–Trinajstić information content (AvgIpc) is 2.65. The fourth-order valence-corrected chi connectivity index (χ4v) is 4.92. The number of fused-ring (bicyclic) bond motifs is 2. The van der Waals surface area contributed by atoms with Gasteiger partial charge < -0.3 is 15.0 Å². The predicted octanol–water partition coefficient (Wildman–Crippen LogP) is 3.95. The number of H-pyrrole nitrogens is 1. The summed E-state index contributed by atoms with van der Waals surface area (Å²) in [6.07, 6.45) is 2.55. The Balaban J connectivity index is 1.96. The van der Waals surface area contributed by atoms with E-state index in [9.17, 15) is 9.59 Å². The van der Waals surface area contributed by atoms with Crippen molar-refractivity contribution in [2.24, 2.45) is 11.3 Å². The Kier molecular flexibility index (Phi) is 5.02. The number of Topliss-reactive ketones (excluding diaryl/α,β-unsaturated/α-hetero) is 1. The summed E-state index contributed by atoms with van der Waals surface area (Å²) in [5, 5.41) is 3.89. The minimum absolute atomic E-state index is 0.130. The van der Waals surface area contributed by atoms with Crippen LogP contribution in [0.1, 0.15) is 44.2 Å². The Bertz CT molecular complexity index is 1060. The molecular weight excluding hydrogens is 386 g/mol. The van der Waals surface area contributed by atoms with E-state index >= 15 is 0 Å². The molecule has 1 aromatic carbocycles. The van der Waals surface area contributed by atoms with Crippen LogP contribution in [0.2, 0.25) is 0 Å². The fourth-order valence-electron chi connectivity index (χ4n) is 4.32. The number of nitrogens with zero attached hydrogens (tertiary/aromatic N) is 1. The van der Waals surface area contributed by atoms with E-state index in [1.807, 2.05) is 31.2 Å². The van der Waals surface area contributed by atoms with Gasteiger partial charge in [0.15, 0.2) is 5.16 Å². The number of hydrogen-bond donors (Lipinski definition) is 2. The number of allylic oxidation sites excluding steroid dienone is 2. The van der Waals surface area contributed by atoms with Gasteiger partial charge in [0.25, 0.3) is 5.56 Å². The van der Waals surface area contributed by atoms with Crippen molar-refractivity contribution in [1.82, 2.24) is 9.97 Å². The summed E-state index contributed by atoms with van der Waals surface area (Å²) in [5.74, 6) is 1.32. The van der Waals surface area contributed by atoms with Gasteiger partial charge in [-0.1, -0.05) is 50.7 Å². The summed E-state index contributed by atoms with van der Waals surface area (Å²) in [7, 11) is 1.61. The second kappa shape index (κ2) is 7.37. The topological polar surface area (TPSA) is 84.1 Å². The zero-order chi connectivity index (χ0) is 20.8. The van der Waals surface area contributed by atoms with Gasteiger partial charge in [0, 0.05) is 18.0 Å². The highest BCUT2D eigenvalue weighted by molar-refractivity contribution is 7.99. The molecule has 0 radical (unpaired) electrons. The second-order valence-corrected chi connectivity index (χ2v) is 9.41. The van der Waals surface area contributed by atoms with Crippen LogP contribution in [0, 0.1) is 11.3 Å². The molecule has 0 unspecified atom stereocenters. The Hall–Kier alpha value is -2.54. The van der Waals surface area contributed by atoms with Gasteiger partial charge in [-0.25, -0.2) is 4.98 Å². The number of benzene rings is 1. The van der Waals surface area contributed by atoms with E-state index in [1.54, 1.807) is 7.11 Å². The molecule has 2 aromatic rings. The summed E-state index contributed by atoms with van der Waals surface area (Å²) >= 11 is 1.48. The Morgan fingerprint density at radius 3 is 2.79 bits per heavy atom. The highest BCUT2D eigenvalue weighted by Gasteiger charge is 2.45. The SMILES string of the molecule is CCSc1nc2c(c(=O)[nH]1)[C@H](c1cccc(OC)c1)[C@H]1C(=O)CC(C)(C)C=C1N2. The molecule has 0 amide bonds. The van der Waals surface area contributed by atoms with Crippen molar-refractivity contribution in [3.05, 3.63) is 57.5 Å². The van der Waals surface area contributed by atoms with E-state index in [0.29, 0.717) is 28.7 Å². The molecule has 0 spiro atoms. The first-order valence-corrected chi connectivity index (χ1v) is 10.7. The Morgan fingerprint density at radius 1 is 1.28 bits per heavy atom. The molecule has 0 bridgehead atoms. The van der Waals surface area contributed by atoms with Gasteiger partial charge in [0.2, 0.25) is 0 Å². The molecule has 2 atom stereocenters. The van der Waals surface area contributed by atoms with Crippen LogP contribution in [0.5, 0.6) is 5.75 Å². The lowest BCUT2D eigenvalue weighted by Gasteiger charge is -2.40. The number of methoxy groups -OCH3 is 1. The summed E-state index contributed by atoms with van der Waals surface area (Å²) < 4.78 is 5.39. The zero-order valence-corrected chi connectivity index (χ0v) is 17.9. The smallest absolute Gasteiger partial charge is 0.257 e. The maximum atomic E-state index is 13.2. The number of ketones is 1. The molecule has 0 fully saturated rings.